The number of rotatable bonds is 4. The summed E-state index contributed by atoms with van der Waals surface area (Å²) in [7, 11) is 0. The highest BCUT2D eigenvalue weighted by Crippen LogP contribution is 2.30. The van der Waals surface area contributed by atoms with E-state index in [2.05, 4.69) is 21.2 Å². The Balaban J connectivity index is 2.84. The summed E-state index contributed by atoms with van der Waals surface area (Å²) in [4.78, 5) is 0. The molecule has 1 aromatic carbocycles. The molecule has 0 saturated carbocycles. The van der Waals surface area contributed by atoms with E-state index in [0.717, 1.165) is 0 Å². The second-order valence-corrected chi connectivity index (χ2v) is 5.08. The summed E-state index contributed by atoms with van der Waals surface area (Å²) in [6, 6.07) is 3.39. The van der Waals surface area contributed by atoms with Crippen molar-refractivity contribution in [3.63, 3.8) is 0 Å². The van der Waals surface area contributed by atoms with Crippen molar-refractivity contribution in [2.24, 2.45) is 0 Å². The SMILES string of the molecule is CC(C)NCC(O)c1ccc(Br)c(Cl)c1F. The lowest BCUT2D eigenvalue weighted by Crippen LogP contribution is -2.28. The molecule has 0 saturated heterocycles. The molecule has 0 spiro atoms. The van der Waals surface area contributed by atoms with Crippen LogP contribution in [0.1, 0.15) is 25.5 Å². The van der Waals surface area contributed by atoms with Gasteiger partial charge in [-0.25, -0.2) is 4.39 Å². The van der Waals surface area contributed by atoms with Crippen LogP contribution in [0, 0.1) is 5.82 Å². The van der Waals surface area contributed by atoms with Gasteiger partial charge in [-0.15, -0.1) is 0 Å². The molecule has 0 fully saturated rings. The zero-order valence-electron chi connectivity index (χ0n) is 9.10. The quantitative estimate of drug-likeness (QED) is 0.837. The van der Waals surface area contributed by atoms with Crippen molar-refractivity contribution in [1.82, 2.24) is 5.32 Å². The maximum absolute atomic E-state index is 13.7. The van der Waals surface area contributed by atoms with Gasteiger partial charge in [0.2, 0.25) is 0 Å². The fourth-order valence-electron chi connectivity index (χ4n) is 1.26. The summed E-state index contributed by atoms with van der Waals surface area (Å²) >= 11 is 8.86. The van der Waals surface area contributed by atoms with Gasteiger partial charge in [0.1, 0.15) is 5.82 Å². The number of hydrogen-bond donors (Lipinski definition) is 2. The van der Waals surface area contributed by atoms with Crippen LogP contribution < -0.4 is 5.32 Å². The first-order chi connectivity index (χ1) is 7.43. The van der Waals surface area contributed by atoms with Gasteiger partial charge in [-0.2, -0.15) is 0 Å². The molecule has 0 aliphatic heterocycles. The molecule has 1 rings (SSSR count). The third-order valence-electron chi connectivity index (χ3n) is 2.14. The maximum atomic E-state index is 13.7. The van der Waals surface area contributed by atoms with Crippen molar-refractivity contribution in [3.8, 4) is 0 Å². The molecule has 0 aliphatic carbocycles. The molecular formula is C11H14BrClFNO. The van der Waals surface area contributed by atoms with Crippen LogP contribution in [0.25, 0.3) is 0 Å². The Hall–Kier alpha value is -0.160. The van der Waals surface area contributed by atoms with E-state index in [-0.39, 0.29) is 16.6 Å². The molecule has 16 heavy (non-hydrogen) atoms. The third-order valence-corrected chi connectivity index (χ3v) is 3.40. The Morgan fingerprint density at radius 3 is 2.69 bits per heavy atom. The van der Waals surface area contributed by atoms with Crippen molar-refractivity contribution in [3.05, 3.63) is 33.0 Å². The van der Waals surface area contributed by atoms with E-state index >= 15 is 0 Å². The Labute approximate surface area is 108 Å². The topological polar surface area (TPSA) is 32.3 Å². The Morgan fingerprint density at radius 1 is 1.50 bits per heavy atom. The molecule has 0 radical (unpaired) electrons. The molecule has 0 bridgehead atoms. The van der Waals surface area contributed by atoms with Gasteiger partial charge in [-0.3, -0.25) is 0 Å². The molecule has 5 heteroatoms. The highest BCUT2D eigenvalue weighted by Gasteiger charge is 2.16. The molecule has 0 aromatic heterocycles. The standard InChI is InChI=1S/C11H14BrClFNO/c1-6(2)15-5-9(16)7-3-4-8(12)10(13)11(7)14/h3-4,6,9,15-16H,5H2,1-2H3. The van der Waals surface area contributed by atoms with Crippen molar-refractivity contribution in [1.29, 1.82) is 0 Å². The van der Waals surface area contributed by atoms with Crippen LogP contribution in [0.5, 0.6) is 0 Å². The molecule has 2 nitrogen and oxygen atoms in total. The van der Waals surface area contributed by atoms with E-state index in [0.29, 0.717) is 11.0 Å². The number of benzene rings is 1. The molecule has 2 N–H and O–H groups in total. The van der Waals surface area contributed by atoms with E-state index < -0.39 is 11.9 Å². The van der Waals surface area contributed by atoms with Gasteiger partial charge in [0.15, 0.2) is 0 Å². The fraction of sp³-hybridized carbons (Fsp3) is 0.455. The summed E-state index contributed by atoms with van der Waals surface area (Å²) in [5, 5.41) is 12.8. The highest BCUT2D eigenvalue weighted by molar-refractivity contribution is 9.10. The Morgan fingerprint density at radius 2 is 2.12 bits per heavy atom. The van der Waals surface area contributed by atoms with Gasteiger partial charge >= 0.3 is 0 Å². The minimum atomic E-state index is -0.895. The molecule has 90 valence electrons. The lowest BCUT2D eigenvalue weighted by atomic mass is 10.1. The van der Waals surface area contributed by atoms with Crippen molar-refractivity contribution >= 4 is 27.5 Å². The van der Waals surface area contributed by atoms with E-state index in [1.807, 2.05) is 13.8 Å². The number of aliphatic hydroxyl groups excluding tert-OH is 1. The van der Waals surface area contributed by atoms with Gasteiger partial charge < -0.3 is 10.4 Å². The molecular weight excluding hydrogens is 296 g/mol. The van der Waals surface area contributed by atoms with Gasteiger partial charge in [0.05, 0.1) is 11.1 Å². The zero-order chi connectivity index (χ0) is 12.3. The molecule has 0 heterocycles. The van der Waals surface area contributed by atoms with Gasteiger partial charge in [-0.1, -0.05) is 31.5 Å². The second-order valence-electron chi connectivity index (χ2n) is 3.84. The lowest BCUT2D eigenvalue weighted by Gasteiger charge is -2.15. The average Bonchev–Trinajstić information content (AvgIpc) is 2.23. The number of hydrogen-bond acceptors (Lipinski definition) is 2. The number of aliphatic hydroxyl groups is 1. The summed E-state index contributed by atoms with van der Waals surface area (Å²) in [6.07, 6.45) is -0.895. The van der Waals surface area contributed by atoms with Crippen molar-refractivity contribution in [2.75, 3.05) is 6.54 Å². The average molecular weight is 311 g/mol. The van der Waals surface area contributed by atoms with Crippen LogP contribution in [0.3, 0.4) is 0 Å². The Kier molecular flexibility index (Phi) is 5.18. The molecule has 0 amide bonds. The second kappa shape index (κ2) is 5.96. The summed E-state index contributed by atoms with van der Waals surface area (Å²) in [5.41, 5.74) is 0.210. The van der Waals surface area contributed by atoms with Crippen molar-refractivity contribution in [2.45, 2.75) is 26.0 Å². The van der Waals surface area contributed by atoms with E-state index in [4.69, 9.17) is 11.6 Å². The zero-order valence-corrected chi connectivity index (χ0v) is 11.4. The van der Waals surface area contributed by atoms with Crippen LogP contribution in [0.15, 0.2) is 16.6 Å². The summed E-state index contributed by atoms with van der Waals surface area (Å²) in [6.45, 7) is 4.21. The van der Waals surface area contributed by atoms with Crippen LogP contribution in [-0.4, -0.2) is 17.7 Å². The highest BCUT2D eigenvalue weighted by atomic mass is 79.9. The van der Waals surface area contributed by atoms with Crippen molar-refractivity contribution < 1.29 is 9.50 Å². The summed E-state index contributed by atoms with van der Waals surface area (Å²) in [5.74, 6) is -0.575. The normalized spacial score (nSPS) is 13.2. The van der Waals surface area contributed by atoms with Gasteiger partial charge in [0.25, 0.3) is 0 Å². The monoisotopic (exact) mass is 309 g/mol. The van der Waals surface area contributed by atoms with Crippen LogP contribution >= 0.6 is 27.5 Å². The Bertz CT molecular complexity index is 373. The molecule has 1 aromatic rings. The summed E-state index contributed by atoms with van der Waals surface area (Å²) < 4.78 is 14.2. The number of halogens is 3. The predicted molar refractivity (Wildman–Crippen MR) is 67.2 cm³/mol. The predicted octanol–water partition coefficient (Wildman–Crippen LogP) is 3.27. The largest absolute Gasteiger partial charge is 0.387 e. The first-order valence-electron chi connectivity index (χ1n) is 4.98. The number of nitrogens with one attached hydrogen (secondary N) is 1. The van der Waals surface area contributed by atoms with E-state index in [1.165, 1.54) is 6.07 Å². The molecule has 1 unspecified atom stereocenters. The van der Waals surface area contributed by atoms with Crippen LogP contribution in [0.4, 0.5) is 4.39 Å². The molecule has 0 aliphatic rings. The fourth-order valence-corrected chi connectivity index (χ4v) is 1.73. The maximum Gasteiger partial charge on any atom is 0.148 e. The minimum absolute atomic E-state index is 0.00102. The first kappa shape index (κ1) is 13.9. The third kappa shape index (κ3) is 3.42. The van der Waals surface area contributed by atoms with Gasteiger partial charge in [0, 0.05) is 22.6 Å². The van der Waals surface area contributed by atoms with Crippen LogP contribution in [-0.2, 0) is 0 Å². The van der Waals surface area contributed by atoms with Gasteiger partial charge in [-0.05, 0) is 22.0 Å². The van der Waals surface area contributed by atoms with Crippen LogP contribution in [0.2, 0.25) is 5.02 Å². The smallest absolute Gasteiger partial charge is 0.148 e. The first-order valence-corrected chi connectivity index (χ1v) is 6.15. The van der Waals surface area contributed by atoms with E-state index in [9.17, 15) is 9.50 Å². The molecule has 1 atom stereocenters. The lowest BCUT2D eigenvalue weighted by molar-refractivity contribution is 0.167. The minimum Gasteiger partial charge on any atom is -0.387 e. The van der Waals surface area contributed by atoms with E-state index in [1.54, 1.807) is 6.07 Å².